The van der Waals surface area contributed by atoms with Crippen LogP contribution in [0, 0.1) is 0 Å². The number of phenolic OH excluding ortho intramolecular Hbond substituents is 1. The molecule has 2 aromatic carbocycles. The summed E-state index contributed by atoms with van der Waals surface area (Å²) in [5.74, 6) is 0.397. The third-order valence-electron chi connectivity index (χ3n) is 3.57. The highest BCUT2D eigenvalue weighted by Crippen LogP contribution is 2.33. The predicted octanol–water partition coefficient (Wildman–Crippen LogP) is 3.48. The molecule has 2 nitrogen and oxygen atoms in total. The number of rotatable bonds is 2. The molecule has 2 aromatic rings. The highest BCUT2D eigenvalue weighted by Gasteiger charge is 2.19. The van der Waals surface area contributed by atoms with E-state index in [1.165, 1.54) is 12.0 Å². The minimum absolute atomic E-state index is 0.300. The van der Waals surface area contributed by atoms with E-state index in [-0.39, 0.29) is 0 Å². The van der Waals surface area contributed by atoms with Crippen molar-refractivity contribution >= 4 is 0 Å². The van der Waals surface area contributed by atoms with Crippen LogP contribution in [0.25, 0.3) is 11.1 Å². The standard InChI is InChI=1S/C16H17NO/c18-16-9-8-13(12-5-2-1-3-6-12)11-14(16)15-7-4-10-17-15/h1-3,5-6,8-9,11,15,17-18H,4,7,10H2/t15-/m0/s1. The first-order valence-corrected chi connectivity index (χ1v) is 6.46. The number of hydrogen-bond donors (Lipinski definition) is 2. The molecule has 2 heteroatoms. The summed E-state index contributed by atoms with van der Waals surface area (Å²) in [5, 5.41) is 13.4. The molecule has 0 amide bonds. The maximum Gasteiger partial charge on any atom is 0.120 e. The lowest BCUT2D eigenvalue weighted by molar-refractivity contribution is 0.457. The summed E-state index contributed by atoms with van der Waals surface area (Å²) in [6.07, 6.45) is 2.28. The first-order chi connectivity index (χ1) is 8.84. The lowest BCUT2D eigenvalue weighted by Crippen LogP contribution is -2.12. The zero-order chi connectivity index (χ0) is 12.4. The monoisotopic (exact) mass is 239 g/mol. The molecule has 0 bridgehead atoms. The molecular weight excluding hydrogens is 222 g/mol. The topological polar surface area (TPSA) is 32.3 Å². The Labute approximate surface area is 107 Å². The van der Waals surface area contributed by atoms with Gasteiger partial charge in [-0.3, -0.25) is 0 Å². The summed E-state index contributed by atoms with van der Waals surface area (Å²) < 4.78 is 0. The number of aromatic hydroxyl groups is 1. The Hall–Kier alpha value is -1.80. The fraction of sp³-hybridized carbons (Fsp3) is 0.250. The Bertz CT molecular complexity index is 530. The molecule has 1 fully saturated rings. The van der Waals surface area contributed by atoms with E-state index >= 15 is 0 Å². The van der Waals surface area contributed by atoms with Gasteiger partial charge < -0.3 is 10.4 Å². The summed E-state index contributed by atoms with van der Waals surface area (Å²) >= 11 is 0. The Kier molecular flexibility index (Phi) is 3.03. The summed E-state index contributed by atoms with van der Waals surface area (Å²) in [7, 11) is 0. The van der Waals surface area contributed by atoms with Crippen LogP contribution in [-0.2, 0) is 0 Å². The molecule has 1 atom stereocenters. The predicted molar refractivity (Wildman–Crippen MR) is 73.5 cm³/mol. The lowest BCUT2D eigenvalue weighted by Gasteiger charge is -2.14. The maximum absolute atomic E-state index is 10.0. The largest absolute Gasteiger partial charge is 0.508 e. The van der Waals surface area contributed by atoms with E-state index in [4.69, 9.17) is 0 Å². The van der Waals surface area contributed by atoms with Gasteiger partial charge in [0.25, 0.3) is 0 Å². The van der Waals surface area contributed by atoms with Crippen LogP contribution in [-0.4, -0.2) is 11.7 Å². The fourth-order valence-electron chi connectivity index (χ4n) is 2.59. The van der Waals surface area contributed by atoms with E-state index in [9.17, 15) is 5.11 Å². The van der Waals surface area contributed by atoms with Gasteiger partial charge in [-0.05, 0) is 42.6 Å². The average Bonchev–Trinajstić information content (AvgIpc) is 2.94. The number of nitrogens with one attached hydrogen (secondary N) is 1. The number of phenols is 1. The van der Waals surface area contributed by atoms with E-state index in [1.807, 2.05) is 24.3 Å². The molecule has 1 aliphatic heterocycles. The molecule has 1 aliphatic rings. The van der Waals surface area contributed by atoms with Crippen molar-refractivity contribution in [2.24, 2.45) is 0 Å². The quantitative estimate of drug-likeness (QED) is 0.841. The molecular formula is C16H17NO. The first-order valence-electron chi connectivity index (χ1n) is 6.46. The van der Waals surface area contributed by atoms with Gasteiger partial charge in [0.15, 0.2) is 0 Å². The molecule has 0 aromatic heterocycles. The fourth-order valence-corrected chi connectivity index (χ4v) is 2.59. The summed E-state index contributed by atoms with van der Waals surface area (Å²) in [6, 6.07) is 16.5. The smallest absolute Gasteiger partial charge is 0.120 e. The Balaban J connectivity index is 2.00. The van der Waals surface area contributed by atoms with Gasteiger partial charge >= 0.3 is 0 Å². The Morgan fingerprint density at radius 1 is 1.00 bits per heavy atom. The molecule has 0 unspecified atom stereocenters. The van der Waals surface area contributed by atoms with E-state index in [1.54, 1.807) is 6.07 Å². The zero-order valence-corrected chi connectivity index (χ0v) is 10.3. The van der Waals surface area contributed by atoms with Gasteiger partial charge in [0.2, 0.25) is 0 Å². The molecule has 0 aliphatic carbocycles. The number of benzene rings is 2. The van der Waals surface area contributed by atoms with Crippen LogP contribution in [0.15, 0.2) is 48.5 Å². The molecule has 92 valence electrons. The summed E-state index contributed by atoms with van der Waals surface area (Å²) in [6.45, 7) is 1.04. The first kappa shape index (κ1) is 11.3. The second-order valence-corrected chi connectivity index (χ2v) is 4.79. The van der Waals surface area contributed by atoms with Crippen LogP contribution in [0.3, 0.4) is 0 Å². The van der Waals surface area contributed by atoms with Crippen LogP contribution in [0.2, 0.25) is 0 Å². The highest BCUT2D eigenvalue weighted by molar-refractivity contribution is 5.65. The van der Waals surface area contributed by atoms with Crippen molar-refractivity contribution in [3.05, 3.63) is 54.1 Å². The maximum atomic E-state index is 10.0. The van der Waals surface area contributed by atoms with Crippen molar-refractivity contribution in [1.82, 2.24) is 5.32 Å². The van der Waals surface area contributed by atoms with Crippen molar-refractivity contribution < 1.29 is 5.11 Å². The summed E-state index contributed by atoms with van der Waals surface area (Å²) in [5.41, 5.74) is 3.38. The van der Waals surface area contributed by atoms with Gasteiger partial charge in [-0.2, -0.15) is 0 Å². The van der Waals surface area contributed by atoms with Crippen molar-refractivity contribution in [3.8, 4) is 16.9 Å². The van der Waals surface area contributed by atoms with E-state index in [0.29, 0.717) is 11.8 Å². The van der Waals surface area contributed by atoms with Gasteiger partial charge in [0, 0.05) is 11.6 Å². The molecule has 1 saturated heterocycles. The second-order valence-electron chi connectivity index (χ2n) is 4.79. The van der Waals surface area contributed by atoms with Crippen LogP contribution in [0.1, 0.15) is 24.4 Å². The molecule has 0 spiro atoms. The third-order valence-corrected chi connectivity index (χ3v) is 3.57. The van der Waals surface area contributed by atoms with E-state index in [2.05, 4.69) is 23.5 Å². The molecule has 18 heavy (non-hydrogen) atoms. The molecule has 2 N–H and O–H groups in total. The van der Waals surface area contributed by atoms with Crippen LogP contribution >= 0.6 is 0 Å². The molecule has 1 heterocycles. The van der Waals surface area contributed by atoms with E-state index in [0.717, 1.165) is 24.1 Å². The normalized spacial score (nSPS) is 19.0. The van der Waals surface area contributed by atoms with Crippen molar-refractivity contribution in [2.75, 3.05) is 6.54 Å². The highest BCUT2D eigenvalue weighted by atomic mass is 16.3. The minimum atomic E-state index is 0.300. The molecule has 0 saturated carbocycles. The van der Waals surface area contributed by atoms with Crippen LogP contribution in [0.5, 0.6) is 5.75 Å². The van der Waals surface area contributed by atoms with Crippen molar-refractivity contribution in [1.29, 1.82) is 0 Å². The van der Waals surface area contributed by atoms with Gasteiger partial charge in [-0.15, -0.1) is 0 Å². The zero-order valence-electron chi connectivity index (χ0n) is 10.3. The number of hydrogen-bond acceptors (Lipinski definition) is 2. The average molecular weight is 239 g/mol. The third kappa shape index (κ3) is 2.12. The van der Waals surface area contributed by atoms with Gasteiger partial charge in [0.1, 0.15) is 5.75 Å². The molecule has 3 rings (SSSR count). The Morgan fingerprint density at radius 2 is 1.83 bits per heavy atom. The Morgan fingerprint density at radius 3 is 2.56 bits per heavy atom. The van der Waals surface area contributed by atoms with Gasteiger partial charge in [-0.25, -0.2) is 0 Å². The van der Waals surface area contributed by atoms with Crippen LogP contribution in [0.4, 0.5) is 0 Å². The lowest BCUT2D eigenvalue weighted by atomic mass is 9.98. The molecule has 0 radical (unpaired) electrons. The summed E-state index contributed by atoms with van der Waals surface area (Å²) in [4.78, 5) is 0. The van der Waals surface area contributed by atoms with E-state index < -0.39 is 0 Å². The van der Waals surface area contributed by atoms with Crippen molar-refractivity contribution in [3.63, 3.8) is 0 Å². The second kappa shape index (κ2) is 4.83. The van der Waals surface area contributed by atoms with Crippen LogP contribution < -0.4 is 5.32 Å². The van der Waals surface area contributed by atoms with Gasteiger partial charge in [-0.1, -0.05) is 36.4 Å². The van der Waals surface area contributed by atoms with Crippen molar-refractivity contribution in [2.45, 2.75) is 18.9 Å². The van der Waals surface area contributed by atoms with Gasteiger partial charge in [0.05, 0.1) is 0 Å². The SMILES string of the molecule is Oc1ccc(-c2ccccc2)cc1[C@@H]1CCCN1. The minimum Gasteiger partial charge on any atom is -0.508 e.